The molecule has 31 heavy (non-hydrogen) atoms. The van der Waals surface area contributed by atoms with Crippen LogP contribution in [0.15, 0.2) is 47.4 Å². The fourth-order valence-electron chi connectivity index (χ4n) is 3.70. The standard InChI is InChI=1S/C24H29N3O2S2/c1-3-18-6-11-21-22(17-18)31-24(25-21)27-14-12-26(13-15-27)23(28)5-4-16-30-20-9-7-19(29-2)8-10-20/h6-11,17H,3-5,12-16H2,1-2H3. The lowest BCUT2D eigenvalue weighted by Crippen LogP contribution is -2.48. The lowest BCUT2D eigenvalue weighted by Gasteiger charge is -2.34. The van der Waals surface area contributed by atoms with E-state index in [4.69, 9.17) is 9.72 Å². The number of anilines is 1. The van der Waals surface area contributed by atoms with Crippen LogP contribution in [0.3, 0.4) is 0 Å². The largest absolute Gasteiger partial charge is 0.497 e. The number of carbonyl (C=O) groups excluding carboxylic acids is 1. The fraction of sp³-hybridized carbons (Fsp3) is 0.417. The van der Waals surface area contributed by atoms with E-state index in [1.54, 1.807) is 30.2 Å². The molecule has 3 aromatic rings. The highest BCUT2D eigenvalue weighted by Gasteiger charge is 2.22. The molecule has 1 fully saturated rings. The Kier molecular flexibility index (Phi) is 7.35. The molecule has 5 nitrogen and oxygen atoms in total. The number of thiazole rings is 1. The van der Waals surface area contributed by atoms with Crippen molar-refractivity contribution in [2.75, 3.05) is 43.9 Å². The van der Waals surface area contributed by atoms with Crippen LogP contribution in [0.25, 0.3) is 10.2 Å². The molecule has 0 radical (unpaired) electrons. The van der Waals surface area contributed by atoms with Gasteiger partial charge in [-0.2, -0.15) is 0 Å². The van der Waals surface area contributed by atoms with Crippen LogP contribution in [0.5, 0.6) is 5.75 Å². The van der Waals surface area contributed by atoms with E-state index < -0.39 is 0 Å². The number of methoxy groups -OCH3 is 1. The Labute approximate surface area is 192 Å². The molecule has 0 aliphatic carbocycles. The summed E-state index contributed by atoms with van der Waals surface area (Å²) >= 11 is 3.55. The predicted octanol–water partition coefficient (Wildman–Crippen LogP) is 5.09. The molecule has 0 saturated carbocycles. The molecule has 164 valence electrons. The Morgan fingerprint density at radius 3 is 2.61 bits per heavy atom. The zero-order chi connectivity index (χ0) is 21.6. The zero-order valence-electron chi connectivity index (χ0n) is 18.2. The van der Waals surface area contributed by atoms with E-state index in [0.717, 1.165) is 61.2 Å². The molecule has 0 atom stereocenters. The summed E-state index contributed by atoms with van der Waals surface area (Å²) in [5.74, 6) is 2.09. The third kappa shape index (κ3) is 5.52. The van der Waals surface area contributed by atoms with Gasteiger partial charge in [0.05, 0.1) is 17.3 Å². The van der Waals surface area contributed by atoms with Crippen LogP contribution in [-0.4, -0.2) is 54.8 Å². The van der Waals surface area contributed by atoms with Gasteiger partial charge in [0.15, 0.2) is 5.13 Å². The predicted molar refractivity (Wildman–Crippen MR) is 131 cm³/mol. The van der Waals surface area contributed by atoms with Crippen molar-refractivity contribution >= 4 is 44.4 Å². The van der Waals surface area contributed by atoms with Crippen molar-refractivity contribution in [1.29, 1.82) is 0 Å². The molecule has 0 unspecified atom stereocenters. The topological polar surface area (TPSA) is 45.7 Å². The highest BCUT2D eigenvalue weighted by molar-refractivity contribution is 7.99. The molecule has 7 heteroatoms. The second-order valence-corrected chi connectivity index (χ2v) is 9.82. The molecule has 0 spiro atoms. The van der Waals surface area contributed by atoms with E-state index in [-0.39, 0.29) is 5.91 Å². The van der Waals surface area contributed by atoms with Gasteiger partial charge in [-0.05, 0) is 60.6 Å². The van der Waals surface area contributed by atoms with Crippen molar-refractivity contribution in [2.45, 2.75) is 31.1 Å². The molecule has 2 heterocycles. The normalized spacial score (nSPS) is 14.3. The number of rotatable bonds is 8. The SMILES string of the molecule is CCc1ccc2nc(N3CCN(C(=O)CCCSc4ccc(OC)cc4)CC3)sc2c1. The number of piperazine rings is 1. The lowest BCUT2D eigenvalue weighted by molar-refractivity contribution is -0.131. The molecule has 4 rings (SSSR count). The van der Waals surface area contributed by atoms with Crippen molar-refractivity contribution in [2.24, 2.45) is 0 Å². The van der Waals surface area contributed by atoms with Gasteiger partial charge in [-0.3, -0.25) is 4.79 Å². The minimum atomic E-state index is 0.270. The molecule has 1 saturated heterocycles. The molecular weight excluding hydrogens is 426 g/mol. The highest BCUT2D eigenvalue weighted by Crippen LogP contribution is 2.30. The number of carbonyl (C=O) groups is 1. The quantitative estimate of drug-likeness (QED) is 0.350. The second-order valence-electron chi connectivity index (χ2n) is 7.65. The van der Waals surface area contributed by atoms with E-state index in [0.29, 0.717) is 6.42 Å². The van der Waals surface area contributed by atoms with Crippen LogP contribution in [0, 0.1) is 0 Å². The molecular formula is C24H29N3O2S2. The van der Waals surface area contributed by atoms with Gasteiger partial charge in [0, 0.05) is 37.5 Å². The van der Waals surface area contributed by atoms with Crippen LogP contribution in [-0.2, 0) is 11.2 Å². The van der Waals surface area contributed by atoms with E-state index in [9.17, 15) is 4.79 Å². The number of hydrogen-bond acceptors (Lipinski definition) is 6. The average molecular weight is 456 g/mol. The Balaban J connectivity index is 1.21. The maximum Gasteiger partial charge on any atom is 0.222 e. The number of thioether (sulfide) groups is 1. The molecule has 1 amide bonds. The van der Waals surface area contributed by atoms with E-state index >= 15 is 0 Å². The highest BCUT2D eigenvalue weighted by atomic mass is 32.2. The first-order valence-electron chi connectivity index (χ1n) is 10.9. The Morgan fingerprint density at radius 2 is 1.90 bits per heavy atom. The van der Waals surface area contributed by atoms with Gasteiger partial charge in [0.1, 0.15) is 5.75 Å². The minimum absolute atomic E-state index is 0.270. The number of fused-ring (bicyclic) bond motifs is 1. The summed E-state index contributed by atoms with van der Waals surface area (Å²) in [4.78, 5) is 23.0. The van der Waals surface area contributed by atoms with Gasteiger partial charge in [0.25, 0.3) is 0 Å². The number of aryl methyl sites for hydroxylation is 1. The zero-order valence-corrected chi connectivity index (χ0v) is 19.8. The Hall–Kier alpha value is -2.25. The van der Waals surface area contributed by atoms with Gasteiger partial charge >= 0.3 is 0 Å². The number of ether oxygens (including phenoxy) is 1. The van der Waals surface area contributed by atoms with Crippen LogP contribution >= 0.6 is 23.1 Å². The summed E-state index contributed by atoms with van der Waals surface area (Å²) in [6, 6.07) is 14.6. The number of nitrogens with zero attached hydrogens (tertiary/aromatic N) is 3. The molecule has 1 aromatic heterocycles. The molecule has 1 aliphatic heterocycles. The van der Waals surface area contributed by atoms with Crippen molar-refractivity contribution in [3.05, 3.63) is 48.0 Å². The first kappa shape index (κ1) is 22.0. The first-order valence-corrected chi connectivity index (χ1v) is 12.7. The third-order valence-electron chi connectivity index (χ3n) is 5.62. The minimum Gasteiger partial charge on any atom is -0.497 e. The summed E-state index contributed by atoms with van der Waals surface area (Å²) in [6.07, 6.45) is 2.56. The van der Waals surface area contributed by atoms with Gasteiger partial charge in [-0.15, -0.1) is 11.8 Å². The van der Waals surface area contributed by atoms with Crippen molar-refractivity contribution in [3.63, 3.8) is 0 Å². The van der Waals surface area contributed by atoms with Gasteiger partial charge in [-0.1, -0.05) is 24.3 Å². The lowest BCUT2D eigenvalue weighted by atomic mass is 10.2. The maximum absolute atomic E-state index is 12.6. The van der Waals surface area contributed by atoms with Gasteiger partial charge in [0.2, 0.25) is 5.91 Å². The smallest absolute Gasteiger partial charge is 0.222 e. The number of amides is 1. The Bertz CT molecular complexity index is 1010. The second kappa shape index (κ2) is 10.4. The summed E-state index contributed by atoms with van der Waals surface area (Å²) in [6.45, 7) is 5.44. The number of aromatic nitrogens is 1. The van der Waals surface area contributed by atoms with E-state index in [2.05, 4.69) is 42.2 Å². The summed E-state index contributed by atoms with van der Waals surface area (Å²) in [7, 11) is 1.68. The average Bonchev–Trinajstić information content (AvgIpc) is 3.25. The van der Waals surface area contributed by atoms with Crippen LogP contribution < -0.4 is 9.64 Å². The van der Waals surface area contributed by atoms with Gasteiger partial charge < -0.3 is 14.5 Å². The van der Waals surface area contributed by atoms with Crippen LogP contribution in [0.2, 0.25) is 0 Å². The third-order valence-corrected chi connectivity index (χ3v) is 7.79. The summed E-state index contributed by atoms with van der Waals surface area (Å²) < 4.78 is 6.44. The Morgan fingerprint density at radius 1 is 1.13 bits per heavy atom. The van der Waals surface area contributed by atoms with E-state index in [1.165, 1.54) is 15.2 Å². The van der Waals surface area contributed by atoms with Crippen LogP contribution in [0.1, 0.15) is 25.3 Å². The van der Waals surface area contributed by atoms with Crippen molar-refractivity contribution in [1.82, 2.24) is 9.88 Å². The number of benzene rings is 2. The number of hydrogen-bond donors (Lipinski definition) is 0. The summed E-state index contributed by atoms with van der Waals surface area (Å²) in [5, 5.41) is 1.08. The molecule has 2 aromatic carbocycles. The molecule has 0 bridgehead atoms. The van der Waals surface area contributed by atoms with Gasteiger partial charge in [-0.25, -0.2) is 4.98 Å². The van der Waals surface area contributed by atoms with E-state index in [1.807, 2.05) is 17.0 Å². The fourth-order valence-corrected chi connectivity index (χ4v) is 5.64. The summed E-state index contributed by atoms with van der Waals surface area (Å²) in [5.41, 5.74) is 2.42. The van der Waals surface area contributed by atoms with Crippen molar-refractivity contribution < 1.29 is 9.53 Å². The first-order chi connectivity index (χ1) is 15.2. The van der Waals surface area contributed by atoms with Crippen molar-refractivity contribution in [3.8, 4) is 5.75 Å². The molecule has 0 N–H and O–H groups in total. The van der Waals surface area contributed by atoms with Crippen LogP contribution in [0.4, 0.5) is 5.13 Å². The maximum atomic E-state index is 12.6. The monoisotopic (exact) mass is 455 g/mol. The molecule has 1 aliphatic rings.